The molecule has 0 aliphatic rings. The maximum atomic E-state index is 14.3. The molecule has 12 heteroatoms. The number of hydrogen-bond donors (Lipinski definition) is 3. The number of methoxy groups -OCH3 is 1. The maximum Gasteiger partial charge on any atom is 0.244 e. The first-order valence-electron chi connectivity index (χ1n) is 9.89. The van der Waals surface area contributed by atoms with E-state index < -0.39 is 24.0 Å². The average Bonchev–Trinajstić information content (AvgIpc) is 2.79. The monoisotopic (exact) mass is 465 g/mol. The van der Waals surface area contributed by atoms with E-state index in [0.717, 1.165) is 18.3 Å². The molecule has 0 fully saturated rings. The number of rotatable bonds is 10. The Morgan fingerprint density at radius 1 is 1.30 bits per heavy atom. The van der Waals surface area contributed by atoms with E-state index >= 15 is 0 Å². The van der Waals surface area contributed by atoms with Crippen LogP contribution in [0.15, 0.2) is 35.2 Å². The van der Waals surface area contributed by atoms with Gasteiger partial charge in [-0.25, -0.2) is 18.2 Å². The van der Waals surface area contributed by atoms with E-state index in [9.17, 15) is 18.0 Å². The van der Waals surface area contributed by atoms with Crippen LogP contribution < -0.4 is 21.1 Å². The molecule has 0 radical (unpaired) electrons. The number of amides is 1. The highest BCUT2D eigenvalue weighted by atomic mass is 19.1. The van der Waals surface area contributed by atoms with Crippen molar-refractivity contribution in [2.45, 2.75) is 26.4 Å². The SMILES string of the molecule is COc1ccc(F)c(CNc2nc(N/C(C=NCC(=O)N(C)C(C)C)=C/N)ncc2F)c1F. The first-order valence-corrected chi connectivity index (χ1v) is 9.89. The normalized spacial score (nSPS) is 11.7. The fraction of sp³-hybridized carbons (Fsp3) is 0.333. The van der Waals surface area contributed by atoms with Gasteiger partial charge in [-0.2, -0.15) is 4.98 Å². The van der Waals surface area contributed by atoms with Crippen LogP contribution in [-0.4, -0.2) is 53.7 Å². The predicted molar refractivity (Wildman–Crippen MR) is 119 cm³/mol. The number of hydrogen-bond acceptors (Lipinski definition) is 8. The predicted octanol–water partition coefficient (Wildman–Crippen LogP) is 2.66. The molecule has 1 aromatic heterocycles. The Kier molecular flexibility index (Phi) is 9.01. The van der Waals surface area contributed by atoms with Gasteiger partial charge >= 0.3 is 0 Å². The van der Waals surface area contributed by atoms with E-state index in [1.807, 2.05) is 13.8 Å². The summed E-state index contributed by atoms with van der Waals surface area (Å²) in [7, 11) is 2.92. The number of nitrogens with two attached hydrogens (primary N) is 1. The molecule has 0 atom stereocenters. The van der Waals surface area contributed by atoms with Crippen LogP contribution in [0, 0.1) is 17.5 Å². The first-order chi connectivity index (χ1) is 15.7. The highest BCUT2D eigenvalue weighted by Gasteiger charge is 2.16. The van der Waals surface area contributed by atoms with Crippen molar-refractivity contribution < 1.29 is 22.7 Å². The lowest BCUT2D eigenvalue weighted by atomic mass is 10.2. The molecule has 0 unspecified atom stereocenters. The molecule has 0 spiro atoms. The molecule has 0 saturated carbocycles. The van der Waals surface area contributed by atoms with E-state index in [1.165, 1.54) is 19.5 Å². The van der Waals surface area contributed by atoms with Gasteiger partial charge in [0.1, 0.15) is 12.4 Å². The summed E-state index contributed by atoms with van der Waals surface area (Å²) >= 11 is 0. The lowest BCUT2D eigenvalue weighted by Crippen LogP contribution is -2.34. The third-order valence-corrected chi connectivity index (χ3v) is 4.61. The van der Waals surface area contributed by atoms with Crippen molar-refractivity contribution in [1.29, 1.82) is 0 Å². The van der Waals surface area contributed by atoms with Crippen molar-refractivity contribution in [2.75, 3.05) is 31.3 Å². The van der Waals surface area contributed by atoms with Crippen molar-refractivity contribution in [3.63, 3.8) is 0 Å². The van der Waals surface area contributed by atoms with Crippen molar-refractivity contribution in [3.8, 4) is 5.75 Å². The number of nitrogens with zero attached hydrogens (tertiary/aromatic N) is 4. The van der Waals surface area contributed by atoms with Crippen LogP contribution in [0.2, 0.25) is 0 Å². The van der Waals surface area contributed by atoms with Crippen LogP contribution in [-0.2, 0) is 11.3 Å². The lowest BCUT2D eigenvalue weighted by Gasteiger charge is -2.20. The Balaban J connectivity index is 2.09. The molecule has 2 aromatic rings. The molecule has 1 amide bonds. The smallest absolute Gasteiger partial charge is 0.244 e. The summed E-state index contributed by atoms with van der Waals surface area (Å²) in [6.45, 7) is 3.27. The summed E-state index contributed by atoms with van der Waals surface area (Å²) < 4.78 is 47.3. The number of benzene rings is 1. The topological polar surface area (TPSA) is 118 Å². The molecule has 9 nitrogen and oxygen atoms in total. The summed E-state index contributed by atoms with van der Waals surface area (Å²) in [5.41, 5.74) is 5.46. The number of aromatic nitrogens is 2. The fourth-order valence-electron chi connectivity index (χ4n) is 2.49. The largest absolute Gasteiger partial charge is 0.494 e. The second-order valence-electron chi connectivity index (χ2n) is 7.10. The summed E-state index contributed by atoms with van der Waals surface area (Å²) in [5.74, 6) is -3.24. The fourth-order valence-corrected chi connectivity index (χ4v) is 2.49. The quantitative estimate of drug-likeness (QED) is 0.462. The number of likely N-dealkylation sites (N-methyl/N-ethyl adjacent to an activating group) is 1. The van der Waals surface area contributed by atoms with Gasteiger partial charge in [0.2, 0.25) is 11.9 Å². The summed E-state index contributed by atoms with van der Waals surface area (Å²) in [5, 5.41) is 5.26. The second-order valence-corrected chi connectivity index (χ2v) is 7.10. The van der Waals surface area contributed by atoms with Crippen molar-refractivity contribution in [3.05, 3.63) is 53.2 Å². The number of allylic oxidation sites excluding steroid dienone is 1. The zero-order chi connectivity index (χ0) is 24.5. The Morgan fingerprint density at radius 2 is 2.03 bits per heavy atom. The third-order valence-electron chi connectivity index (χ3n) is 4.61. The molecule has 2 rings (SSSR count). The van der Waals surface area contributed by atoms with Gasteiger partial charge < -0.3 is 26.0 Å². The van der Waals surface area contributed by atoms with Gasteiger partial charge in [-0.15, -0.1) is 0 Å². The van der Waals surface area contributed by atoms with Crippen LogP contribution in [0.25, 0.3) is 0 Å². The molecular formula is C21H26F3N7O2. The van der Waals surface area contributed by atoms with Gasteiger partial charge in [-0.05, 0) is 26.0 Å². The van der Waals surface area contributed by atoms with E-state index in [0.29, 0.717) is 0 Å². The van der Waals surface area contributed by atoms with Crippen molar-refractivity contribution in [2.24, 2.45) is 10.7 Å². The minimum Gasteiger partial charge on any atom is -0.494 e. The van der Waals surface area contributed by atoms with E-state index in [4.69, 9.17) is 10.5 Å². The molecule has 0 saturated heterocycles. The minimum atomic E-state index is -0.903. The highest BCUT2D eigenvalue weighted by Crippen LogP contribution is 2.24. The van der Waals surface area contributed by atoms with Crippen molar-refractivity contribution in [1.82, 2.24) is 14.9 Å². The molecule has 0 bridgehead atoms. The lowest BCUT2D eigenvalue weighted by molar-refractivity contribution is -0.129. The standard InChI is InChI=1S/C21H26F3N7O2/c1-12(2)31(3)18(32)11-26-8-13(7-25)29-21-28-10-16(23)20(30-21)27-9-14-15(22)5-6-17(33-4)19(14)24/h5-8,10,12H,9,11,25H2,1-4H3,(H2,27,28,29,30)/b13-7+,26-8?. The van der Waals surface area contributed by atoms with Crippen LogP contribution in [0.4, 0.5) is 24.9 Å². The van der Waals surface area contributed by atoms with Gasteiger partial charge in [-0.3, -0.25) is 9.79 Å². The third kappa shape index (κ3) is 6.82. The number of halogens is 3. The highest BCUT2D eigenvalue weighted by molar-refractivity contribution is 5.85. The van der Waals surface area contributed by atoms with E-state index in [2.05, 4.69) is 25.6 Å². The van der Waals surface area contributed by atoms with Gasteiger partial charge in [-0.1, -0.05) is 0 Å². The number of ether oxygens (including phenoxy) is 1. The van der Waals surface area contributed by atoms with Gasteiger partial charge in [0.25, 0.3) is 0 Å². The van der Waals surface area contributed by atoms with Crippen molar-refractivity contribution >= 4 is 23.9 Å². The molecule has 1 heterocycles. The van der Waals surface area contributed by atoms with E-state index in [-0.39, 0.29) is 47.3 Å². The second kappa shape index (κ2) is 11.7. The number of carbonyl (C=O) groups excluding carboxylic acids is 1. The molecule has 0 aliphatic heterocycles. The Bertz CT molecular complexity index is 1040. The molecule has 4 N–H and O–H groups in total. The van der Waals surface area contributed by atoms with Gasteiger partial charge in [0.05, 0.1) is 19.0 Å². The van der Waals surface area contributed by atoms with Crippen LogP contribution in [0.3, 0.4) is 0 Å². The molecule has 178 valence electrons. The Labute approximate surface area is 189 Å². The Morgan fingerprint density at radius 3 is 2.67 bits per heavy atom. The zero-order valence-electron chi connectivity index (χ0n) is 18.7. The zero-order valence-corrected chi connectivity index (χ0v) is 18.7. The molecule has 1 aromatic carbocycles. The van der Waals surface area contributed by atoms with Crippen LogP contribution in [0.1, 0.15) is 19.4 Å². The van der Waals surface area contributed by atoms with E-state index in [1.54, 1.807) is 11.9 Å². The molecule has 0 aliphatic carbocycles. The maximum absolute atomic E-state index is 14.3. The summed E-state index contributed by atoms with van der Waals surface area (Å²) in [6.07, 6.45) is 3.36. The number of carbonyl (C=O) groups is 1. The minimum absolute atomic E-state index is 0.0350. The van der Waals surface area contributed by atoms with Gasteiger partial charge in [0, 0.05) is 37.6 Å². The first kappa shape index (κ1) is 25.4. The summed E-state index contributed by atoms with van der Waals surface area (Å²) in [4.78, 5) is 25.3. The van der Waals surface area contributed by atoms with Crippen LogP contribution >= 0.6 is 0 Å². The van der Waals surface area contributed by atoms with Gasteiger partial charge in [0.15, 0.2) is 23.2 Å². The molecular weight excluding hydrogens is 439 g/mol. The number of anilines is 2. The summed E-state index contributed by atoms with van der Waals surface area (Å²) in [6, 6.07) is 2.23. The van der Waals surface area contributed by atoms with Crippen LogP contribution in [0.5, 0.6) is 5.75 Å². The Hall–Kier alpha value is -3.83. The average molecular weight is 465 g/mol. The number of nitrogens with one attached hydrogen (secondary N) is 2. The molecule has 33 heavy (non-hydrogen) atoms. The number of aliphatic imine (C=N–C) groups is 1.